The van der Waals surface area contributed by atoms with E-state index in [1.807, 2.05) is 13.0 Å². The molecule has 0 saturated heterocycles. The Hall–Kier alpha value is -1.58. The molecule has 3 N–H and O–H groups in total. The number of nitrogens with zero attached hydrogens (tertiary/aromatic N) is 2. The molecule has 0 saturated carbocycles. The van der Waals surface area contributed by atoms with Gasteiger partial charge in [0.05, 0.1) is 5.52 Å². The lowest BCUT2D eigenvalue weighted by atomic mass is 10.4. The monoisotopic (exact) mass is 162 g/mol. The minimum Gasteiger partial charge on any atom is -0.384 e. The molecule has 2 aromatic heterocycles. The van der Waals surface area contributed by atoms with Crippen LogP contribution in [0.25, 0.3) is 11.2 Å². The van der Waals surface area contributed by atoms with Gasteiger partial charge in [-0.05, 0) is 12.1 Å². The number of rotatable bonds is 1. The molecule has 0 unspecified atom stereocenters. The number of nitrogen functional groups attached to an aromatic ring is 1. The second-order valence-corrected chi connectivity index (χ2v) is 2.64. The molecular weight excluding hydrogens is 152 g/mol. The molecule has 0 bridgehead atoms. The van der Waals surface area contributed by atoms with Crippen LogP contribution in [0.15, 0.2) is 12.1 Å². The van der Waals surface area contributed by atoms with Crippen LogP contribution in [0.5, 0.6) is 0 Å². The van der Waals surface area contributed by atoms with E-state index in [1.165, 1.54) is 0 Å². The average Bonchev–Trinajstić information content (AvgIpc) is 2.46. The van der Waals surface area contributed by atoms with Crippen LogP contribution in [0.2, 0.25) is 0 Å². The molecule has 12 heavy (non-hydrogen) atoms. The van der Waals surface area contributed by atoms with Gasteiger partial charge in [0.2, 0.25) is 0 Å². The van der Waals surface area contributed by atoms with Crippen LogP contribution in [-0.4, -0.2) is 15.0 Å². The first kappa shape index (κ1) is 7.09. The van der Waals surface area contributed by atoms with Crippen molar-refractivity contribution in [2.75, 3.05) is 5.73 Å². The average molecular weight is 162 g/mol. The Morgan fingerprint density at radius 3 is 3.00 bits per heavy atom. The molecule has 4 nitrogen and oxygen atoms in total. The fourth-order valence-corrected chi connectivity index (χ4v) is 1.12. The summed E-state index contributed by atoms with van der Waals surface area (Å²) in [6.45, 7) is 2.04. The molecule has 4 heteroatoms. The van der Waals surface area contributed by atoms with Crippen molar-refractivity contribution in [1.82, 2.24) is 15.0 Å². The smallest absolute Gasteiger partial charge is 0.179 e. The van der Waals surface area contributed by atoms with E-state index in [0.29, 0.717) is 11.5 Å². The van der Waals surface area contributed by atoms with Crippen molar-refractivity contribution in [3.05, 3.63) is 18.0 Å². The van der Waals surface area contributed by atoms with Gasteiger partial charge in [-0.2, -0.15) is 0 Å². The van der Waals surface area contributed by atoms with Crippen LogP contribution in [0.3, 0.4) is 0 Å². The lowest BCUT2D eigenvalue weighted by molar-refractivity contribution is 0.998. The van der Waals surface area contributed by atoms with Crippen LogP contribution in [0.4, 0.5) is 5.82 Å². The molecular formula is C8H10N4. The highest BCUT2D eigenvalue weighted by Gasteiger charge is 2.01. The number of hydrogen-bond donors (Lipinski definition) is 2. The van der Waals surface area contributed by atoms with Crippen molar-refractivity contribution in [1.29, 1.82) is 0 Å². The summed E-state index contributed by atoms with van der Waals surface area (Å²) in [6, 6.07) is 3.66. The van der Waals surface area contributed by atoms with Gasteiger partial charge in [0.25, 0.3) is 0 Å². The summed E-state index contributed by atoms with van der Waals surface area (Å²) in [5.41, 5.74) is 7.16. The fraction of sp³-hybridized carbons (Fsp3) is 0.250. The summed E-state index contributed by atoms with van der Waals surface area (Å²) in [7, 11) is 0. The van der Waals surface area contributed by atoms with Crippen molar-refractivity contribution in [3.8, 4) is 0 Å². The van der Waals surface area contributed by atoms with Gasteiger partial charge >= 0.3 is 0 Å². The molecule has 0 fully saturated rings. The van der Waals surface area contributed by atoms with Crippen LogP contribution in [0, 0.1) is 0 Å². The number of aryl methyl sites for hydroxylation is 1. The summed E-state index contributed by atoms with van der Waals surface area (Å²) in [5.74, 6) is 1.46. The van der Waals surface area contributed by atoms with E-state index in [0.717, 1.165) is 17.8 Å². The first-order valence-corrected chi connectivity index (χ1v) is 3.90. The van der Waals surface area contributed by atoms with Crippen LogP contribution < -0.4 is 5.73 Å². The summed E-state index contributed by atoms with van der Waals surface area (Å²) in [5, 5.41) is 0. The Balaban J connectivity index is 2.67. The largest absolute Gasteiger partial charge is 0.384 e. The highest BCUT2D eigenvalue weighted by atomic mass is 15.0. The second kappa shape index (κ2) is 2.48. The van der Waals surface area contributed by atoms with E-state index in [1.54, 1.807) is 6.07 Å². The van der Waals surface area contributed by atoms with E-state index >= 15 is 0 Å². The molecule has 0 atom stereocenters. The second-order valence-electron chi connectivity index (χ2n) is 2.64. The van der Waals surface area contributed by atoms with Crippen LogP contribution in [-0.2, 0) is 6.42 Å². The maximum absolute atomic E-state index is 5.51. The number of pyridine rings is 1. The quantitative estimate of drug-likeness (QED) is 0.659. The molecule has 2 heterocycles. The minimum atomic E-state index is 0.511. The molecule has 0 radical (unpaired) electrons. The number of aromatic nitrogens is 3. The zero-order valence-corrected chi connectivity index (χ0v) is 6.83. The summed E-state index contributed by atoms with van der Waals surface area (Å²) in [4.78, 5) is 11.5. The topological polar surface area (TPSA) is 67.6 Å². The fourth-order valence-electron chi connectivity index (χ4n) is 1.12. The van der Waals surface area contributed by atoms with E-state index < -0.39 is 0 Å². The Bertz CT molecular complexity index is 404. The number of anilines is 1. The third-order valence-corrected chi connectivity index (χ3v) is 1.75. The third-order valence-electron chi connectivity index (χ3n) is 1.75. The molecule has 0 amide bonds. The molecule has 0 aliphatic heterocycles. The first-order chi connectivity index (χ1) is 5.79. The van der Waals surface area contributed by atoms with Gasteiger partial charge in [0.15, 0.2) is 5.65 Å². The van der Waals surface area contributed by atoms with Crippen molar-refractivity contribution >= 4 is 17.0 Å². The van der Waals surface area contributed by atoms with E-state index in [9.17, 15) is 0 Å². The molecule has 0 aromatic carbocycles. The van der Waals surface area contributed by atoms with Crippen molar-refractivity contribution in [3.63, 3.8) is 0 Å². The predicted octanol–water partition coefficient (Wildman–Crippen LogP) is 1.10. The van der Waals surface area contributed by atoms with Gasteiger partial charge < -0.3 is 10.7 Å². The highest BCUT2D eigenvalue weighted by molar-refractivity contribution is 5.72. The zero-order chi connectivity index (χ0) is 8.55. The highest BCUT2D eigenvalue weighted by Crippen LogP contribution is 2.10. The van der Waals surface area contributed by atoms with E-state index in [2.05, 4.69) is 15.0 Å². The number of aromatic amines is 1. The number of imidazole rings is 1. The molecule has 2 aromatic rings. The van der Waals surface area contributed by atoms with Gasteiger partial charge in [-0.1, -0.05) is 6.92 Å². The van der Waals surface area contributed by atoms with Crippen LogP contribution >= 0.6 is 0 Å². The van der Waals surface area contributed by atoms with Gasteiger partial charge in [0.1, 0.15) is 11.6 Å². The lowest BCUT2D eigenvalue weighted by Crippen LogP contribution is -1.88. The lowest BCUT2D eigenvalue weighted by Gasteiger charge is -1.88. The molecule has 62 valence electrons. The molecule has 2 rings (SSSR count). The number of fused-ring (bicyclic) bond motifs is 1. The Morgan fingerprint density at radius 2 is 2.25 bits per heavy atom. The summed E-state index contributed by atoms with van der Waals surface area (Å²) < 4.78 is 0. The Morgan fingerprint density at radius 1 is 1.42 bits per heavy atom. The zero-order valence-electron chi connectivity index (χ0n) is 6.83. The number of nitrogens with one attached hydrogen (secondary N) is 1. The third kappa shape index (κ3) is 1.01. The minimum absolute atomic E-state index is 0.511. The summed E-state index contributed by atoms with van der Waals surface area (Å²) in [6.07, 6.45) is 0.885. The molecule has 0 aliphatic rings. The Labute approximate surface area is 69.8 Å². The molecule has 0 spiro atoms. The number of nitrogens with two attached hydrogens (primary N) is 1. The first-order valence-electron chi connectivity index (χ1n) is 3.90. The van der Waals surface area contributed by atoms with E-state index in [4.69, 9.17) is 5.73 Å². The maximum Gasteiger partial charge on any atom is 0.179 e. The number of hydrogen-bond acceptors (Lipinski definition) is 3. The van der Waals surface area contributed by atoms with Gasteiger partial charge in [-0.15, -0.1) is 0 Å². The van der Waals surface area contributed by atoms with Gasteiger partial charge in [0, 0.05) is 6.42 Å². The number of H-pyrrole nitrogens is 1. The van der Waals surface area contributed by atoms with E-state index in [-0.39, 0.29) is 0 Å². The van der Waals surface area contributed by atoms with Crippen LogP contribution in [0.1, 0.15) is 12.7 Å². The summed E-state index contributed by atoms with van der Waals surface area (Å²) >= 11 is 0. The van der Waals surface area contributed by atoms with Gasteiger partial charge in [-0.3, -0.25) is 0 Å². The standard InChI is InChI=1S/C8H10N4/c1-2-7-10-5-3-4-6(9)11-8(5)12-7/h3-4H,2H2,1H3,(H3,9,10,11,12). The maximum atomic E-state index is 5.51. The predicted molar refractivity (Wildman–Crippen MR) is 47.7 cm³/mol. The van der Waals surface area contributed by atoms with Crippen molar-refractivity contribution < 1.29 is 0 Å². The van der Waals surface area contributed by atoms with Crippen molar-refractivity contribution in [2.24, 2.45) is 0 Å². The Kier molecular flexibility index (Phi) is 1.46. The van der Waals surface area contributed by atoms with Crippen molar-refractivity contribution in [2.45, 2.75) is 13.3 Å². The SMILES string of the molecule is CCc1nc2nc(N)ccc2[nH]1. The van der Waals surface area contributed by atoms with Gasteiger partial charge in [-0.25, -0.2) is 9.97 Å². The molecule has 0 aliphatic carbocycles. The normalized spacial score (nSPS) is 10.8.